The van der Waals surface area contributed by atoms with Crippen LogP contribution < -0.4 is 0 Å². The fraction of sp³-hybridized carbons (Fsp3) is 0.583. The van der Waals surface area contributed by atoms with Gasteiger partial charge in [-0.2, -0.15) is 0 Å². The number of pyridine rings is 1. The average molecular weight is 382 g/mol. The minimum absolute atomic E-state index is 0.939. The number of unbranched alkanes of at least 4 members (excludes halogenated alkanes) is 8. The number of benzene rings is 1. The summed E-state index contributed by atoms with van der Waals surface area (Å²) in [6, 6.07) is 8.35. The first-order chi connectivity index (χ1) is 13.9. The maximum atomic E-state index is 5.62. The summed E-state index contributed by atoms with van der Waals surface area (Å²) in [4.78, 5) is 9.05. The van der Waals surface area contributed by atoms with E-state index in [9.17, 15) is 0 Å². The molecule has 4 nitrogen and oxygen atoms in total. The molecule has 3 rings (SSSR count). The lowest BCUT2D eigenvalue weighted by atomic mass is 10.1. The molecule has 4 heteroatoms. The van der Waals surface area contributed by atoms with Crippen LogP contribution in [0.3, 0.4) is 0 Å². The van der Waals surface area contributed by atoms with Gasteiger partial charge in [0, 0.05) is 25.1 Å². The lowest BCUT2D eigenvalue weighted by Crippen LogP contribution is -1.97. The molecule has 28 heavy (non-hydrogen) atoms. The Morgan fingerprint density at radius 3 is 2.32 bits per heavy atom. The van der Waals surface area contributed by atoms with Crippen LogP contribution in [-0.2, 0) is 11.3 Å². The Morgan fingerprint density at radius 1 is 0.786 bits per heavy atom. The molecule has 3 aromatic rings. The van der Waals surface area contributed by atoms with Crippen LogP contribution in [0.4, 0.5) is 0 Å². The molecule has 0 fully saturated rings. The van der Waals surface area contributed by atoms with Crippen molar-refractivity contribution >= 4 is 21.9 Å². The maximum absolute atomic E-state index is 5.62. The monoisotopic (exact) mass is 381 g/mol. The molecule has 0 saturated heterocycles. The van der Waals surface area contributed by atoms with Crippen molar-refractivity contribution in [3.05, 3.63) is 36.8 Å². The predicted molar refractivity (Wildman–Crippen MR) is 118 cm³/mol. The first-order valence-corrected chi connectivity index (χ1v) is 11.2. The normalized spacial score (nSPS) is 11.6. The van der Waals surface area contributed by atoms with E-state index in [2.05, 4.69) is 39.7 Å². The van der Waals surface area contributed by atoms with Gasteiger partial charge >= 0.3 is 0 Å². The number of rotatable bonds is 14. The predicted octanol–water partition coefficient (Wildman–Crippen LogP) is 6.52. The number of ether oxygens (including phenoxy) is 1. The van der Waals surface area contributed by atoms with Crippen molar-refractivity contribution in [2.75, 3.05) is 13.2 Å². The van der Waals surface area contributed by atoms with Gasteiger partial charge in [0.1, 0.15) is 5.52 Å². The third-order valence-corrected chi connectivity index (χ3v) is 5.43. The number of fused-ring (bicyclic) bond motifs is 3. The Kier molecular flexibility index (Phi) is 8.76. The molecule has 0 bridgehead atoms. The second-order valence-corrected chi connectivity index (χ2v) is 7.74. The lowest BCUT2D eigenvalue weighted by Gasteiger charge is -2.07. The molecule has 0 atom stereocenters. The number of hydrogen-bond donors (Lipinski definition) is 0. The van der Waals surface area contributed by atoms with Crippen LogP contribution in [0, 0.1) is 0 Å². The van der Waals surface area contributed by atoms with Crippen molar-refractivity contribution in [1.82, 2.24) is 14.5 Å². The van der Waals surface area contributed by atoms with Gasteiger partial charge in [-0.1, -0.05) is 70.1 Å². The van der Waals surface area contributed by atoms with E-state index in [1.165, 1.54) is 75.1 Å². The summed E-state index contributed by atoms with van der Waals surface area (Å²) in [5.74, 6) is 0. The zero-order chi connectivity index (χ0) is 19.4. The first-order valence-electron chi connectivity index (χ1n) is 11.2. The summed E-state index contributed by atoms with van der Waals surface area (Å²) in [5.41, 5.74) is 3.27. The van der Waals surface area contributed by atoms with Crippen molar-refractivity contribution in [2.24, 2.45) is 0 Å². The van der Waals surface area contributed by atoms with Crippen LogP contribution in [0.15, 0.2) is 36.8 Å². The molecule has 0 aliphatic rings. The maximum Gasteiger partial charge on any atom is 0.107 e. The zero-order valence-corrected chi connectivity index (χ0v) is 17.4. The number of hydrogen-bond acceptors (Lipinski definition) is 3. The smallest absolute Gasteiger partial charge is 0.107 e. The van der Waals surface area contributed by atoms with Gasteiger partial charge in [-0.25, -0.2) is 4.98 Å². The molecule has 2 heterocycles. The molecule has 0 radical (unpaired) electrons. The number of imidazole rings is 1. The van der Waals surface area contributed by atoms with Crippen molar-refractivity contribution in [1.29, 1.82) is 0 Å². The fourth-order valence-electron chi connectivity index (χ4n) is 3.77. The van der Waals surface area contributed by atoms with Crippen LogP contribution in [0.2, 0.25) is 0 Å². The second-order valence-electron chi connectivity index (χ2n) is 7.74. The molecule has 0 unspecified atom stereocenters. The highest BCUT2D eigenvalue weighted by molar-refractivity contribution is 6.01. The molecule has 0 aliphatic heterocycles. The Bertz CT molecular complexity index is 827. The van der Waals surface area contributed by atoms with E-state index in [0.29, 0.717) is 0 Å². The molecule has 0 saturated carbocycles. The molecule has 0 N–H and O–H groups in total. The van der Waals surface area contributed by atoms with Crippen molar-refractivity contribution in [3.8, 4) is 0 Å². The van der Waals surface area contributed by atoms with Gasteiger partial charge in [0.2, 0.25) is 0 Å². The summed E-state index contributed by atoms with van der Waals surface area (Å²) in [5, 5.41) is 1.20. The van der Waals surface area contributed by atoms with Crippen LogP contribution >= 0.6 is 0 Å². The van der Waals surface area contributed by atoms with E-state index in [1.54, 1.807) is 0 Å². The van der Waals surface area contributed by atoms with E-state index in [4.69, 9.17) is 4.74 Å². The standard InChI is InChI=1S/C24H35N3O/c1-2-3-17-28-18-13-9-7-5-4-6-8-12-16-27-20-26-23-19-25-22-15-11-10-14-21(22)24(23)27/h10-11,14-15,19-20H,2-9,12-13,16-18H2,1H3. The van der Waals surface area contributed by atoms with Gasteiger partial charge in [0.15, 0.2) is 0 Å². The summed E-state index contributed by atoms with van der Waals surface area (Å²) >= 11 is 0. The van der Waals surface area contributed by atoms with Crippen LogP contribution in [0.25, 0.3) is 21.9 Å². The Balaban J connectivity index is 1.30. The van der Waals surface area contributed by atoms with E-state index in [0.717, 1.165) is 30.8 Å². The molecule has 0 aliphatic carbocycles. The van der Waals surface area contributed by atoms with Crippen molar-refractivity contribution in [3.63, 3.8) is 0 Å². The Morgan fingerprint density at radius 2 is 1.50 bits per heavy atom. The van der Waals surface area contributed by atoms with Gasteiger partial charge in [-0.15, -0.1) is 0 Å². The van der Waals surface area contributed by atoms with Crippen LogP contribution in [0.5, 0.6) is 0 Å². The first kappa shape index (κ1) is 20.8. The van der Waals surface area contributed by atoms with Gasteiger partial charge in [0.05, 0.1) is 23.6 Å². The van der Waals surface area contributed by atoms with E-state index < -0.39 is 0 Å². The molecule has 1 aromatic carbocycles. The van der Waals surface area contributed by atoms with Gasteiger partial charge in [-0.3, -0.25) is 4.98 Å². The SMILES string of the molecule is CCCCOCCCCCCCCCCn1cnc2cnc3ccccc3c21. The van der Waals surface area contributed by atoms with Crippen molar-refractivity contribution in [2.45, 2.75) is 77.7 Å². The summed E-state index contributed by atoms with van der Waals surface area (Å²) < 4.78 is 7.92. The summed E-state index contributed by atoms with van der Waals surface area (Å²) in [6.45, 7) is 5.14. The largest absolute Gasteiger partial charge is 0.381 e. The highest BCUT2D eigenvalue weighted by Crippen LogP contribution is 2.23. The van der Waals surface area contributed by atoms with Crippen LogP contribution in [-0.4, -0.2) is 27.7 Å². The van der Waals surface area contributed by atoms with Gasteiger partial charge in [0.25, 0.3) is 0 Å². The molecule has 2 aromatic heterocycles. The van der Waals surface area contributed by atoms with E-state index >= 15 is 0 Å². The zero-order valence-electron chi connectivity index (χ0n) is 17.4. The van der Waals surface area contributed by atoms with Crippen molar-refractivity contribution < 1.29 is 4.74 Å². The molecule has 0 amide bonds. The molecule has 152 valence electrons. The highest BCUT2D eigenvalue weighted by Gasteiger charge is 2.07. The number of aryl methyl sites for hydroxylation is 1. The van der Waals surface area contributed by atoms with Gasteiger partial charge in [-0.05, 0) is 25.3 Å². The number of nitrogens with zero attached hydrogens (tertiary/aromatic N) is 3. The molecular weight excluding hydrogens is 346 g/mol. The summed E-state index contributed by atoms with van der Waals surface area (Å²) in [7, 11) is 0. The minimum atomic E-state index is 0.939. The quantitative estimate of drug-likeness (QED) is 0.298. The Hall–Kier alpha value is -1.94. The third-order valence-electron chi connectivity index (χ3n) is 5.43. The third kappa shape index (κ3) is 6.03. The fourth-order valence-corrected chi connectivity index (χ4v) is 3.77. The second kappa shape index (κ2) is 11.8. The minimum Gasteiger partial charge on any atom is -0.381 e. The highest BCUT2D eigenvalue weighted by atomic mass is 16.5. The number of aromatic nitrogens is 3. The van der Waals surface area contributed by atoms with E-state index in [-0.39, 0.29) is 0 Å². The van der Waals surface area contributed by atoms with Crippen LogP contribution in [0.1, 0.15) is 71.1 Å². The van der Waals surface area contributed by atoms with E-state index in [1.807, 2.05) is 18.6 Å². The summed E-state index contributed by atoms with van der Waals surface area (Å²) in [6.07, 6.45) is 16.7. The number of para-hydroxylation sites is 1. The molecule has 0 spiro atoms. The van der Waals surface area contributed by atoms with Gasteiger partial charge < -0.3 is 9.30 Å². The lowest BCUT2D eigenvalue weighted by molar-refractivity contribution is 0.127. The topological polar surface area (TPSA) is 39.9 Å². The molecular formula is C24H35N3O. The average Bonchev–Trinajstić information content (AvgIpc) is 3.15. The Labute approximate surface area is 169 Å².